The first-order valence-electron chi connectivity index (χ1n) is 5.68. The van der Waals surface area contributed by atoms with E-state index >= 15 is 0 Å². The molecule has 0 aliphatic carbocycles. The SMILES string of the molecule is CCn1cc(N)cc1C(=O)NCC(C)(C)OC. The van der Waals surface area contributed by atoms with Crippen LogP contribution in [0, 0.1) is 0 Å². The molecule has 0 aliphatic heterocycles. The maximum atomic E-state index is 12.0. The third-order valence-electron chi connectivity index (χ3n) is 2.72. The Morgan fingerprint density at radius 3 is 2.76 bits per heavy atom. The van der Waals surface area contributed by atoms with Gasteiger partial charge in [0, 0.05) is 26.4 Å². The molecule has 17 heavy (non-hydrogen) atoms. The number of nitrogens with zero attached hydrogens (tertiary/aromatic N) is 1. The van der Waals surface area contributed by atoms with Gasteiger partial charge in [0.25, 0.3) is 5.91 Å². The first kappa shape index (κ1) is 13.6. The number of ether oxygens (including phenoxy) is 1. The van der Waals surface area contributed by atoms with Gasteiger partial charge in [-0.25, -0.2) is 0 Å². The minimum Gasteiger partial charge on any atom is -0.397 e. The van der Waals surface area contributed by atoms with E-state index in [4.69, 9.17) is 10.5 Å². The average Bonchev–Trinajstić information content (AvgIpc) is 2.67. The zero-order valence-electron chi connectivity index (χ0n) is 10.9. The monoisotopic (exact) mass is 239 g/mol. The Morgan fingerprint density at radius 2 is 2.24 bits per heavy atom. The van der Waals surface area contributed by atoms with Crippen LogP contribution in [0.2, 0.25) is 0 Å². The summed E-state index contributed by atoms with van der Waals surface area (Å²) in [6.45, 7) is 6.97. The smallest absolute Gasteiger partial charge is 0.268 e. The third-order valence-corrected chi connectivity index (χ3v) is 2.72. The molecule has 96 valence electrons. The summed E-state index contributed by atoms with van der Waals surface area (Å²) in [7, 11) is 1.62. The zero-order valence-corrected chi connectivity index (χ0v) is 10.9. The first-order valence-corrected chi connectivity index (χ1v) is 5.68. The highest BCUT2D eigenvalue weighted by atomic mass is 16.5. The predicted molar refractivity (Wildman–Crippen MR) is 67.9 cm³/mol. The molecule has 0 saturated carbocycles. The van der Waals surface area contributed by atoms with Crippen LogP contribution in [0.4, 0.5) is 5.69 Å². The zero-order chi connectivity index (χ0) is 13.1. The number of aromatic nitrogens is 1. The van der Waals surface area contributed by atoms with E-state index in [1.807, 2.05) is 25.3 Å². The Balaban J connectivity index is 2.70. The van der Waals surface area contributed by atoms with Gasteiger partial charge in [0.2, 0.25) is 0 Å². The van der Waals surface area contributed by atoms with Gasteiger partial charge in [0.1, 0.15) is 5.69 Å². The van der Waals surface area contributed by atoms with Crippen molar-refractivity contribution in [2.75, 3.05) is 19.4 Å². The summed E-state index contributed by atoms with van der Waals surface area (Å²) in [6.07, 6.45) is 1.76. The highest BCUT2D eigenvalue weighted by Crippen LogP contribution is 2.11. The normalized spacial score (nSPS) is 11.5. The van der Waals surface area contributed by atoms with Crippen molar-refractivity contribution in [3.8, 4) is 0 Å². The van der Waals surface area contributed by atoms with Crippen molar-refractivity contribution in [2.45, 2.75) is 32.9 Å². The molecule has 0 aromatic carbocycles. The first-order chi connectivity index (χ1) is 7.89. The molecule has 0 atom stereocenters. The molecule has 3 N–H and O–H groups in total. The molecule has 0 aliphatic rings. The third kappa shape index (κ3) is 3.49. The van der Waals surface area contributed by atoms with E-state index in [0.29, 0.717) is 24.5 Å². The molecule has 1 rings (SSSR count). The number of aryl methyl sites for hydroxylation is 1. The van der Waals surface area contributed by atoms with E-state index in [-0.39, 0.29) is 11.5 Å². The van der Waals surface area contributed by atoms with Gasteiger partial charge < -0.3 is 20.4 Å². The molecule has 0 radical (unpaired) electrons. The Kier molecular flexibility index (Phi) is 4.17. The van der Waals surface area contributed by atoms with E-state index in [2.05, 4.69) is 5.32 Å². The van der Waals surface area contributed by atoms with Crippen LogP contribution < -0.4 is 11.1 Å². The number of nitrogens with two attached hydrogens (primary N) is 1. The Hall–Kier alpha value is -1.49. The lowest BCUT2D eigenvalue weighted by atomic mass is 10.1. The molecule has 0 bridgehead atoms. The summed E-state index contributed by atoms with van der Waals surface area (Å²) < 4.78 is 7.06. The highest BCUT2D eigenvalue weighted by molar-refractivity contribution is 5.93. The molecule has 0 spiro atoms. The number of rotatable bonds is 5. The van der Waals surface area contributed by atoms with Gasteiger partial charge in [-0.3, -0.25) is 4.79 Å². The minimum atomic E-state index is -0.370. The number of anilines is 1. The molecular formula is C12H21N3O2. The van der Waals surface area contributed by atoms with Crippen LogP contribution in [0.1, 0.15) is 31.3 Å². The molecule has 0 fully saturated rings. The van der Waals surface area contributed by atoms with E-state index in [9.17, 15) is 4.79 Å². The van der Waals surface area contributed by atoms with Crippen molar-refractivity contribution in [1.82, 2.24) is 9.88 Å². The van der Waals surface area contributed by atoms with Crippen molar-refractivity contribution in [3.63, 3.8) is 0 Å². The van der Waals surface area contributed by atoms with Gasteiger partial charge in [0.05, 0.1) is 11.3 Å². The summed E-state index contributed by atoms with van der Waals surface area (Å²) in [5, 5.41) is 2.84. The van der Waals surface area contributed by atoms with Crippen LogP contribution in [-0.2, 0) is 11.3 Å². The number of carbonyl (C=O) groups is 1. The predicted octanol–water partition coefficient (Wildman–Crippen LogP) is 1.24. The van der Waals surface area contributed by atoms with E-state index < -0.39 is 0 Å². The Labute approximate surface area is 102 Å². The van der Waals surface area contributed by atoms with E-state index in [1.165, 1.54) is 0 Å². The van der Waals surface area contributed by atoms with E-state index in [1.54, 1.807) is 19.4 Å². The number of nitrogen functional groups attached to an aromatic ring is 1. The van der Waals surface area contributed by atoms with Crippen molar-refractivity contribution in [3.05, 3.63) is 18.0 Å². The summed E-state index contributed by atoms with van der Waals surface area (Å²) in [4.78, 5) is 12.0. The Bertz CT molecular complexity index is 396. The molecule has 1 heterocycles. The molecule has 0 unspecified atom stereocenters. The number of amides is 1. The van der Waals surface area contributed by atoms with Crippen LogP contribution in [0.5, 0.6) is 0 Å². The number of nitrogens with one attached hydrogen (secondary N) is 1. The average molecular weight is 239 g/mol. The van der Waals surface area contributed by atoms with Gasteiger partial charge in [-0.2, -0.15) is 0 Å². The number of carbonyl (C=O) groups excluding carboxylic acids is 1. The fourth-order valence-corrected chi connectivity index (χ4v) is 1.44. The topological polar surface area (TPSA) is 69.3 Å². The summed E-state index contributed by atoms with van der Waals surface area (Å²) in [5.41, 5.74) is 6.49. The van der Waals surface area contributed by atoms with Crippen molar-refractivity contribution < 1.29 is 9.53 Å². The molecule has 0 saturated heterocycles. The second-order valence-corrected chi connectivity index (χ2v) is 4.59. The molecule has 1 amide bonds. The van der Waals surface area contributed by atoms with Crippen LogP contribution in [-0.4, -0.2) is 29.7 Å². The molecule has 5 nitrogen and oxygen atoms in total. The van der Waals surface area contributed by atoms with Crippen LogP contribution >= 0.6 is 0 Å². The van der Waals surface area contributed by atoms with Gasteiger partial charge in [0.15, 0.2) is 0 Å². The fourth-order valence-electron chi connectivity index (χ4n) is 1.44. The lowest BCUT2D eigenvalue weighted by Gasteiger charge is -2.23. The van der Waals surface area contributed by atoms with Gasteiger partial charge in [-0.05, 0) is 26.8 Å². The minimum absolute atomic E-state index is 0.131. The molecule has 1 aromatic heterocycles. The Morgan fingerprint density at radius 1 is 1.59 bits per heavy atom. The van der Waals surface area contributed by atoms with Crippen molar-refractivity contribution in [2.24, 2.45) is 0 Å². The maximum Gasteiger partial charge on any atom is 0.268 e. The summed E-state index contributed by atoms with van der Waals surface area (Å²) >= 11 is 0. The maximum absolute atomic E-state index is 12.0. The van der Waals surface area contributed by atoms with Gasteiger partial charge >= 0.3 is 0 Å². The van der Waals surface area contributed by atoms with Crippen molar-refractivity contribution in [1.29, 1.82) is 0 Å². The summed E-state index contributed by atoms with van der Waals surface area (Å²) in [6, 6.07) is 1.68. The number of hydrogen-bond acceptors (Lipinski definition) is 3. The second-order valence-electron chi connectivity index (χ2n) is 4.59. The van der Waals surface area contributed by atoms with E-state index in [0.717, 1.165) is 0 Å². The van der Waals surface area contributed by atoms with Crippen LogP contribution in [0.3, 0.4) is 0 Å². The molecular weight excluding hydrogens is 218 g/mol. The second kappa shape index (κ2) is 5.23. The quantitative estimate of drug-likeness (QED) is 0.812. The van der Waals surface area contributed by atoms with Gasteiger partial charge in [-0.15, -0.1) is 0 Å². The highest BCUT2D eigenvalue weighted by Gasteiger charge is 2.19. The van der Waals surface area contributed by atoms with Crippen LogP contribution in [0.15, 0.2) is 12.3 Å². The number of hydrogen-bond donors (Lipinski definition) is 2. The number of methoxy groups -OCH3 is 1. The summed E-state index contributed by atoms with van der Waals surface area (Å²) in [5.74, 6) is -0.131. The lowest BCUT2D eigenvalue weighted by Crippen LogP contribution is -2.40. The molecule has 1 aromatic rings. The van der Waals surface area contributed by atoms with Crippen LogP contribution in [0.25, 0.3) is 0 Å². The lowest BCUT2D eigenvalue weighted by molar-refractivity contribution is 0.0227. The fraction of sp³-hybridized carbons (Fsp3) is 0.583. The standard InChI is InChI=1S/C12H21N3O2/c1-5-15-7-9(13)6-10(15)11(16)14-8-12(2,3)17-4/h6-7H,5,8,13H2,1-4H3,(H,14,16). The molecule has 5 heteroatoms. The van der Waals surface area contributed by atoms with Gasteiger partial charge in [-0.1, -0.05) is 0 Å². The largest absolute Gasteiger partial charge is 0.397 e. The van der Waals surface area contributed by atoms with Crippen molar-refractivity contribution >= 4 is 11.6 Å².